The Hall–Kier alpha value is -3.71. The number of carbonyl (C=O) groups is 3. The summed E-state index contributed by atoms with van der Waals surface area (Å²) in [5.41, 5.74) is 2.01. The van der Waals surface area contributed by atoms with Crippen LogP contribution in [0.3, 0.4) is 0 Å². The Labute approximate surface area is 188 Å². The van der Waals surface area contributed by atoms with Gasteiger partial charge in [-0.25, -0.2) is 4.39 Å². The molecule has 5 nitrogen and oxygen atoms in total. The van der Waals surface area contributed by atoms with Gasteiger partial charge in [0.05, 0.1) is 11.4 Å². The molecule has 0 bridgehead atoms. The number of hydrogen-bond acceptors (Lipinski definition) is 5. The smallest absolute Gasteiger partial charge is 0.293 e. The minimum atomic E-state index is -0.485. The number of amides is 2. The van der Waals surface area contributed by atoms with Crippen LogP contribution in [0.5, 0.6) is 5.75 Å². The van der Waals surface area contributed by atoms with Crippen molar-refractivity contribution in [2.75, 3.05) is 6.54 Å². The van der Waals surface area contributed by atoms with Crippen LogP contribution in [-0.4, -0.2) is 28.4 Å². The predicted octanol–water partition coefficient (Wildman–Crippen LogP) is 5.32. The molecule has 1 aliphatic rings. The summed E-state index contributed by atoms with van der Waals surface area (Å²) in [6, 6.07) is 21.6. The summed E-state index contributed by atoms with van der Waals surface area (Å²) in [7, 11) is 0. The molecule has 0 radical (unpaired) electrons. The fourth-order valence-corrected chi connectivity index (χ4v) is 3.89. The van der Waals surface area contributed by atoms with Crippen molar-refractivity contribution in [1.29, 1.82) is 0 Å². The summed E-state index contributed by atoms with van der Waals surface area (Å²) in [6.45, 7) is 0.0101. The van der Waals surface area contributed by atoms with Gasteiger partial charge in [0.2, 0.25) is 0 Å². The van der Waals surface area contributed by atoms with E-state index >= 15 is 0 Å². The van der Waals surface area contributed by atoms with Gasteiger partial charge < -0.3 is 4.74 Å². The highest BCUT2D eigenvalue weighted by Gasteiger charge is 2.36. The van der Waals surface area contributed by atoms with Crippen LogP contribution < -0.4 is 4.74 Å². The van der Waals surface area contributed by atoms with E-state index in [1.54, 1.807) is 72.8 Å². The quantitative estimate of drug-likeness (QED) is 0.362. The van der Waals surface area contributed by atoms with Gasteiger partial charge >= 0.3 is 0 Å². The first-order valence-electron chi connectivity index (χ1n) is 9.80. The number of ether oxygens (including phenoxy) is 1. The summed E-state index contributed by atoms with van der Waals surface area (Å²) >= 11 is 0.811. The minimum Gasteiger partial charge on any atom is -0.489 e. The highest BCUT2D eigenvalue weighted by Crippen LogP contribution is 2.32. The van der Waals surface area contributed by atoms with E-state index in [0.29, 0.717) is 17.9 Å². The molecule has 1 saturated heterocycles. The van der Waals surface area contributed by atoms with E-state index in [1.165, 1.54) is 12.1 Å². The van der Waals surface area contributed by atoms with Crippen LogP contribution in [0, 0.1) is 5.82 Å². The number of hydrogen-bond donors (Lipinski definition) is 0. The van der Waals surface area contributed by atoms with E-state index in [1.807, 2.05) is 0 Å². The maximum absolute atomic E-state index is 13.0. The molecule has 3 aromatic rings. The van der Waals surface area contributed by atoms with Crippen molar-refractivity contribution in [2.24, 2.45) is 0 Å². The summed E-state index contributed by atoms with van der Waals surface area (Å²) in [4.78, 5) is 38.5. The SMILES string of the molecule is O=C(CN1C(=O)S/C(=C\c2ccc(OCc3ccc(F)cc3)cc2)C1=O)c1ccccc1. The van der Waals surface area contributed by atoms with Crippen LogP contribution >= 0.6 is 11.8 Å². The van der Waals surface area contributed by atoms with E-state index < -0.39 is 11.1 Å². The molecule has 4 rings (SSSR count). The molecule has 0 aliphatic carbocycles. The van der Waals surface area contributed by atoms with E-state index in [0.717, 1.165) is 27.8 Å². The third kappa shape index (κ3) is 5.12. The Morgan fingerprint density at radius 1 is 0.938 bits per heavy atom. The third-order valence-corrected chi connectivity index (χ3v) is 5.68. The van der Waals surface area contributed by atoms with Crippen LogP contribution in [0.25, 0.3) is 6.08 Å². The molecule has 0 aromatic heterocycles. The second-order valence-electron chi connectivity index (χ2n) is 7.04. The average Bonchev–Trinajstić information content (AvgIpc) is 3.07. The number of carbonyl (C=O) groups excluding carboxylic acids is 3. The van der Waals surface area contributed by atoms with Gasteiger partial charge in [-0.15, -0.1) is 0 Å². The largest absolute Gasteiger partial charge is 0.489 e. The first-order valence-corrected chi connectivity index (χ1v) is 10.6. The van der Waals surface area contributed by atoms with Crippen molar-refractivity contribution in [1.82, 2.24) is 4.90 Å². The average molecular weight is 447 g/mol. The zero-order valence-electron chi connectivity index (χ0n) is 16.9. The Morgan fingerprint density at radius 3 is 2.31 bits per heavy atom. The van der Waals surface area contributed by atoms with Gasteiger partial charge in [0.25, 0.3) is 11.1 Å². The Morgan fingerprint density at radius 2 is 1.62 bits per heavy atom. The lowest BCUT2D eigenvalue weighted by Crippen LogP contribution is -2.33. The topological polar surface area (TPSA) is 63.7 Å². The lowest BCUT2D eigenvalue weighted by Gasteiger charge is -2.11. The third-order valence-electron chi connectivity index (χ3n) is 4.77. The van der Waals surface area contributed by atoms with Crippen molar-refractivity contribution in [3.63, 3.8) is 0 Å². The highest BCUT2D eigenvalue weighted by molar-refractivity contribution is 8.18. The van der Waals surface area contributed by atoms with Crippen LogP contribution in [0.15, 0.2) is 83.8 Å². The molecule has 32 heavy (non-hydrogen) atoms. The van der Waals surface area contributed by atoms with Gasteiger partial charge in [-0.1, -0.05) is 54.6 Å². The second kappa shape index (κ2) is 9.62. The van der Waals surface area contributed by atoms with Gasteiger partial charge in [-0.3, -0.25) is 19.3 Å². The molecule has 0 atom stereocenters. The molecular formula is C25H18FNO4S. The highest BCUT2D eigenvalue weighted by atomic mass is 32.2. The molecule has 0 spiro atoms. The van der Waals surface area contributed by atoms with Crippen LogP contribution in [0.2, 0.25) is 0 Å². The maximum Gasteiger partial charge on any atom is 0.293 e. The van der Waals surface area contributed by atoms with Gasteiger partial charge in [0.1, 0.15) is 18.2 Å². The number of Topliss-reactive ketones (excluding diaryl/α,β-unsaturated/α-hetero) is 1. The fourth-order valence-electron chi connectivity index (χ4n) is 3.05. The number of ketones is 1. The molecule has 7 heteroatoms. The standard InChI is InChI=1S/C25H18FNO4S/c26-20-10-6-18(7-11-20)16-31-21-12-8-17(9-13-21)14-23-24(29)27(25(30)32-23)15-22(28)19-4-2-1-3-5-19/h1-14H,15-16H2/b23-14-. The van der Waals surface area contributed by atoms with Crippen molar-refractivity contribution in [3.8, 4) is 5.75 Å². The lowest BCUT2D eigenvalue weighted by atomic mass is 10.1. The first kappa shape index (κ1) is 21.5. The molecule has 1 heterocycles. The van der Waals surface area contributed by atoms with Gasteiger partial charge in [-0.05, 0) is 53.2 Å². The van der Waals surface area contributed by atoms with Gasteiger partial charge in [-0.2, -0.15) is 0 Å². The molecule has 0 unspecified atom stereocenters. The Balaban J connectivity index is 1.39. The summed E-state index contributed by atoms with van der Waals surface area (Å²) in [5, 5.41) is -0.468. The molecule has 1 aliphatic heterocycles. The molecule has 3 aromatic carbocycles. The summed E-state index contributed by atoms with van der Waals surface area (Å²) in [5.74, 6) is -0.460. The van der Waals surface area contributed by atoms with E-state index in [9.17, 15) is 18.8 Å². The van der Waals surface area contributed by atoms with Crippen molar-refractivity contribution in [2.45, 2.75) is 6.61 Å². The molecular weight excluding hydrogens is 429 g/mol. The molecule has 1 fully saturated rings. The number of nitrogens with zero attached hydrogens (tertiary/aromatic N) is 1. The van der Waals surface area contributed by atoms with Crippen LogP contribution in [-0.2, 0) is 11.4 Å². The lowest BCUT2D eigenvalue weighted by molar-refractivity contribution is -0.122. The number of halogens is 1. The Bertz CT molecular complexity index is 1170. The van der Waals surface area contributed by atoms with Crippen molar-refractivity contribution in [3.05, 3.63) is 106 Å². The minimum absolute atomic E-state index is 0.260. The second-order valence-corrected chi connectivity index (χ2v) is 8.03. The van der Waals surface area contributed by atoms with E-state index in [4.69, 9.17) is 4.74 Å². The maximum atomic E-state index is 13.0. The predicted molar refractivity (Wildman–Crippen MR) is 121 cm³/mol. The number of thioether (sulfide) groups is 1. The van der Waals surface area contributed by atoms with Gasteiger partial charge in [0, 0.05) is 5.56 Å². The fraction of sp³-hybridized carbons (Fsp3) is 0.0800. The molecule has 160 valence electrons. The number of imide groups is 1. The normalized spacial score (nSPS) is 14.8. The zero-order chi connectivity index (χ0) is 22.5. The number of benzene rings is 3. The Kier molecular flexibility index (Phi) is 6.47. The van der Waals surface area contributed by atoms with E-state index in [-0.39, 0.29) is 23.1 Å². The van der Waals surface area contributed by atoms with Crippen LogP contribution in [0.1, 0.15) is 21.5 Å². The van der Waals surface area contributed by atoms with E-state index in [2.05, 4.69) is 0 Å². The number of rotatable bonds is 7. The monoisotopic (exact) mass is 447 g/mol. The molecule has 0 N–H and O–H groups in total. The van der Waals surface area contributed by atoms with Gasteiger partial charge in [0.15, 0.2) is 5.78 Å². The molecule has 0 saturated carbocycles. The summed E-state index contributed by atoms with van der Waals surface area (Å²) in [6.07, 6.45) is 1.61. The summed E-state index contributed by atoms with van der Waals surface area (Å²) < 4.78 is 18.6. The van der Waals surface area contributed by atoms with Crippen molar-refractivity contribution < 1.29 is 23.5 Å². The van der Waals surface area contributed by atoms with Crippen LogP contribution in [0.4, 0.5) is 9.18 Å². The molecule has 2 amide bonds. The first-order chi connectivity index (χ1) is 15.5. The van der Waals surface area contributed by atoms with Crippen molar-refractivity contribution >= 4 is 34.8 Å². The zero-order valence-corrected chi connectivity index (χ0v) is 17.7.